The zero-order chi connectivity index (χ0) is 47.9. The summed E-state index contributed by atoms with van der Waals surface area (Å²) >= 11 is 0. The van der Waals surface area contributed by atoms with E-state index in [9.17, 15) is 67.7 Å². The molecule has 0 bridgehead atoms. The molecule has 0 aromatic carbocycles. The van der Waals surface area contributed by atoms with E-state index < -0.39 is 145 Å². The number of primary amides is 2. The minimum Gasteiger partial charge on any atom is -0.481 e. The molecule has 0 aliphatic carbocycles. The monoisotopic (exact) mass is 896 g/mol. The van der Waals surface area contributed by atoms with Gasteiger partial charge < -0.3 is 68.9 Å². The highest BCUT2D eigenvalue weighted by molar-refractivity contribution is 5.99. The van der Waals surface area contributed by atoms with Crippen LogP contribution in [0.25, 0.3) is 0 Å². The average Bonchev–Trinajstić information content (AvgIpc) is 3.87. The number of likely N-dealkylation sites (tertiary alicyclic amines) is 2. The number of carboxylic acid groups (broad SMARTS) is 3. The van der Waals surface area contributed by atoms with Crippen LogP contribution in [0.2, 0.25) is 0 Å². The SMILES string of the molecule is CC(C)C[C@H](NC(=O)[C@@H](NC(=O)[C@@H]1CCCN1C(=O)[C@H](CCC(N)=O)NC(=O)[C@@H](N)CC(=O)O)C(C)C)C(=O)N1CCC[C@H]1C(=O)N[C@@H](CC(=O)O)C(=O)N[C@@H](CC(N)=O)C(=O)O. The molecule has 25 heteroatoms. The molecule has 352 valence electrons. The van der Waals surface area contributed by atoms with Gasteiger partial charge in [0.2, 0.25) is 53.2 Å². The highest BCUT2D eigenvalue weighted by Crippen LogP contribution is 2.23. The van der Waals surface area contributed by atoms with E-state index in [2.05, 4.69) is 21.3 Å². The molecule has 63 heavy (non-hydrogen) atoms. The summed E-state index contributed by atoms with van der Waals surface area (Å²) in [6.45, 7) is 6.85. The molecule has 14 N–H and O–H groups in total. The van der Waals surface area contributed by atoms with Crippen molar-refractivity contribution in [2.75, 3.05) is 13.1 Å². The number of hydrogen-bond acceptors (Lipinski definition) is 13. The Morgan fingerprint density at radius 3 is 1.54 bits per heavy atom. The lowest BCUT2D eigenvalue weighted by Gasteiger charge is -2.33. The average molecular weight is 897 g/mol. The Hall–Kier alpha value is -6.40. The second kappa shape index (κ2) is 24.3. The molecular formula is C38H60N10O15. The summed E-state index contributed by atoms with van der Waals surface area (Å²) < 4.78 is 0. The molecule has 9 amide bonds. The van der Waals surface area contributed by atoms with Crippen LogP contribution in [0.5, 0.6) is 0 Å². The van der Waals surface area contributed by atoms with Crippen molar-refractivity contribution in [1.82, 2.24) is 36.4 Å². The smallest absolute Gasteiger partial charge is 0.326 e. The van der Waals surface area contributed by atoms with Gasteiger partial charge in [-0.3, -0.25) is 52.7 Å². The van der Waals surface area contributed by atoms with Gasteiger partial charge in [0.1, 0.15) is 42.3 Å². The van der Waals surface area contributed by atoms with E-state index in [1.54, 1.807) is 27.7 Å². The Morgan fingerprint density at radius 1 is 0.587 bits per heavy atom. The van der Waals surface area contributed by atoms with Gasteiger partial charge in [-0.25, -0.2) is 4.79 Å². The van der Waals surface area contributed by atoms with E-state index in [1.165, 1.54) is 9.80 Å². The summed E-state index contributed by atoms with van der Waals surface area (Å²) in [5.41, 5.74) is 16.0. The number of aliphatic carboxylic acids is 3. The van der Waals surface area contributed by atoms with E-state index in [1.807, 2.05) is 5.32 Å². The van der Waals surface area contributed by atoms with E-state index in [-0.39, 0.29) is 51.1 Å². The number of nitrogens with two attached hydrogens (primary N) is 3. The van der Waals surface area contributed by atoms with E-state index in [4.69, 9.17) is 22.3 Å². The predicted molar refractivity (Wildman–Crippen MR) is 216 cm³/mol. The van der Waals surface area contributed by atoms with Crippen LogP contribution in [0.1, 0.15) is 91.9 Å². The van der Waals surface area contributed by atoms with Crippen molar-refractivity contribution in [3.63, 3.8) is 0 Å². The fraction of sp³-hybridized carbons (Fsp3) is 0.684. The highest BCUT2D eigenvalue weighted by Gasteiger charge is 2.43. The molecule has 0 aromatic heterocycles. The molecule has 0 aromatic rings. The first kappa shape index (κ1) is 52.7. The minimum absolute atomic E-state index is 0.0269. The second-order valence-corrected chi connectivity index (χ2v) is 16.3. The van der Waals surface area contributed by atoms with Crippen LogP contribution in [0, 0.1) is 11.8 Å². The summed E-state index contributed by atoms with van der Waals surface area (Å²) in [5.74, 6) is -13.4. The van der Waals surface area contributed by atoms with Crippen molar-refractivity contribution in [3.05, 3.63) is 0 Å². The fourth-order valence-corrected chi connectivity index (χ4v) is 7.17. The van der Waals surface area contributed by atoms with Crippen LogP contribution >= 0.6 is 0 Å². The molecule has 2 aliphatic rings. The molecule has 0 spiro atoms. The van der Waals surface area contributed by atoms with Gasteiger partial charge in [0.25, 0.3) is 0 Å². The van der Waals surface area contributed by atoms with Gasteiger partial charge in [0.05, 0.1) is 25.3 Å². The van der Waals surface area contributed by atoms with Crippen molar-refractivity contribution in [2.45, 2.75) is 140 Å². The maximum absolute atomic E-state index is 14.1. The van der Waals surface area contributed by atoms with Gasteiger partial charge in [0.15, 0.2) is 0 Å². The molecule has 2 heterocycles. The molecular weight excluding hydrogens is 836 g/mol. The standard InChI is InChI=1S/C38H60N10O15/c1-17(2)13-22(37(61)48-12-5-7-24(48)33(57)43-21(16-29(53)54)32(56)45-23(38(62)63)15-27(41)50)44-35(59)30(18(3)4)46-34(58)25-8-6-11-47(25)36(60)20(9-10-26(40)49)42-31(55)19(39)14-28(51)52/h17-25,30H,5-16,39H2,1-4H3,(H2,40,49)(H2,41,50)(H,42,55)(H,43,57)(H,44,59)(H,45,56)(H,46,58)(H,51,52)(H,53,54)(H,62,63)/t19-,20-,21-,22-,23-,24-,25-,30-/m0/s1. The number of carbonyl (C=O) groups is 12. The Bertz CT molecular complexity index is 1770. The third-order valence-corrected chi connectivity index (χ3v) is 10.3. The maximum atomic E-state index is 14.1. The third-order valence-electron chi connectivity index (χ3n) is 10.3. The minimum atomic E-state index is -1.82. The zero-order valence-electron chi connectivity index (χ0n) is 35.6. The number of nitrogens with one attached hydrogen (secondary N) is 5. The lowest BCUT2D eigenvalue weighted by Crippen LogP contribution is -2.60. The summed E-state index contributed by atoms with van der Waals surface area (Å²) in [7, 11) is 0. The van der Waals surface area contributed by atoms with E-state index in [0.717, 1.165) is 0 Å². The van der Waals surface area contributed by atoms with Crippen molar-refractivity contribution in [3.8, 4) is 0 Å². The third kappa shape index (κ3) is 16.4. The van der Waals surface area contributed by atoms with Crippen LogP contribution in [0.3, 0.4) is 0 Å². The number of hydrogen-bond donors (Lipinski definition) is 11. The van der Waals surface area contributed by atoms with Crippen LogP contribution in [-0.4, -0.2) is 158 Å². The molecule has 2 rings (SSSR count). The number of carbonyl (C=O) groups excluding carboxylic acids is 9. The molecule has 0 radical (unpaired) electrons. The largest absolute Gasteiger partial charge is 0.481 e. The second-order valence-electron chi connectivity index (χ2n) is 16.3. The predicted octanol–water partition coefficient (Wildman–Crippen LogP) is -4.40. The molecule has 0 saturated carbocycles. The lowest BCUT2D eigenvalue weighted by molar-refractivity contribution is -0.146. The molecule has 0 unspecified atom stereocenters. The summed E-state index contributed by atoms with van der Waals surface area (Å²) in [4.78, 5) is 154. The summed E-state index contributed by atoms with van der Waals surface area (Å²) in [5, 5.41) is 39.8. The van der Waals surface area contributed by atoms with Gasteiger partial charge in [-0.2, -0.15) is 0 Å². The first-order chi connectivity index (χ1) is 29.3. The molecule has 2 saturated heterocycles. The van der Waals surface area contributed by atoms with Crippen molar-refractivity contribution >= 4 is 71.1 Å². The molecule has 2 aliphatic heterocycles. The Morgan fingerprint density at radius 2 is 1.08 bits per heavy atom. The van der Waals surface area contributed by atoms with Gasteiger partial charge in [-0.15, -0.1) is 0 Å². The number of carboxylic acids is 3. The first-order valence-corrected chi connectivity index (χ1v) is 20.5. The first-order valence-electron chi connectivity index (χ1n) is 20.5. The number of nitrogens with zero attached hydrogens (tertiary/aromatic N) is 2. The fourth-order valence-electron chi connectivity index (χ4n) is 7.17. The number of rotatable bonds is 25. The van der Waals surface area contributed by atoms with Gasteiger partial charge in [-0.1, -0.05) is 27.7 Å². The van der Waals surface area contributed by atoms with Crippen molar-refractivity contribution in [1.29, 1.82) is 0 Å². The van der Waals surface area contributed by atoms with Crippen LogP contribution < -0.4 is 43.8 Å². The quantitative estimate of drug-likeness (QED) is 0.0412. The van der Waals surface area contributed by atoms with Crippen LogP contribution in [0.4, 0.5) is 0 Å². The van der Waals surface area contributed by atoms with Gasteiger partial charge in [0, 0.05) is 19.5 Å². The molecule has 8 atom stereocenters. The lowest BCUT2D eigenvalue weighted by atomic mass is 9.98. The Labute approximate surface area is 362 Å². The highest BCUT2D eigenvalue weighted by atomic mass is 16.4. The normalized spacial score (nSPS) is 18.8. The van der Waals surface area contributed by atoms with E-state index >= 15 is 0 Å². The van der Waals surface area contributed by atoms with Gasteiger partial charge >= 0.3 is 17.9 Å². The maximum Gasteiger partial charge on any atom is 0.326 e. The zero-order valence-corrected chi connectivity index (χ0v) is 35.6. The van der Waals surface area contributed by atoms with Crippen LogP contribution in [-0.2, 0) is 57.5 Å². The topological polar surface area (TPSA) is 410 Å². The summed E-state index contributed by atoms with van der Waals surface area (Å²) in [6, 6.07) is -11.5. The van der Waals surface area contributed by atoms with Crippen molar-refractivity contribution in [2.24, 2.45) is 29.0 Å². The Balaban J connectivity index is 2.28. The molecule has 25 nitrogen and oxygen atoms in total. The van der Waals surface area contributed by atoms with E-state index in [0.29, 0.717) is 12.8 Å². The van der Waals surface area contributed by atoms with Crippen LogP contribution in [0.15, 0.2) is 0 Å². The van der Waals surface area contributed by atoms with Crippen molar-refractivity contribution < 1.29 is 72.9 Å². The molecule has 2 fully saturated rings. The van der Waals surface area contributed by atoms with Gasteiger partial charge in [-0.05, 0) is 50.4 Å². The summed E-state index contributed by atoms with van der Waals surface area (Å²) in [6.07, 6.45) is -2.26. The number of amides is 9. The Kier molecular flexibility index (Phi) is 20.3.